The van der Waals surface area contributed by atoms with Gasteiger partial charge in [0.25, 0.3) is 0 Å². The summed E-state index contributed by atoms with van der Waals surface area (Å²) in [5.41, 5.74) is 1.30. The zero-order valence-electron chi connectivity index (χ0n) is 8.91. The van der Waals surface area contributed by atoms with E-state index in [2.05, 4.69) is 10.1 Å². The fourth-order valence-corrected chi connectivity index (χ4v) is 1.66. The van der Waals surface area contributed by atoms with Crippen LogP contribution in [0.15, 0.2) is 41.1 Å². The zero-order valence-corrected chi connectivity index (χ0v) is 8.91. The molecule has 3 rings (SSSR count). The largest absolute Gasteiger partial charge is 0.469 e. The van der Waals surface area contributed by atoms with Crippen molar-refractivity contribution in [2.24, 2.45) is 0 Å². The second-order valence-electron chi connectivity index (χ2n) is 3.67. The number of furan rings is 1. The van der Waals surface area contributed by atoms with Gasteiger partial charge >= 0.3 is 0 Å². The Hall–Kier alpha value is -2.43. The number of pyridine rings is 1. The van der Waals surface area contributed by atoms with Crippen molar-refractivity contribution in [3.05, 3.63) is 53.9 Å². The first-order chi connectivity index (χ1) is 8.35. The molecule has 0 aromatic carbocycles. The number of nitrogens with zero attached hydrogens (tertiary/aromatic N) is 3. The highest BCUT2D eigenvalue weighted by Gasteiger charge is 2.06. The molecule has 0 N–H and O–H groups in total. The number of aldehydes is 1. The summed E-state index contributed by atoms with van der Waals surface area (Å²) < 4.78 is 6.83. The summed E-state index contributed by atoms with van der Waals surface area (Å²) in [6.07, 6.45) is 4.61. The summed E-state index contributed by atoms with van der Waals surface area (Å²) in [4.78, 5) is 15.0. The first-order valence-corrected chi connectivity index (χ1v) is 5.18. The van der Waals surface area contributed by atoms with Crippen molar-refractivity contribution in [1.82, 2.24) is 14.6 Å². The quantitative estimate of drug-likeness (QED) is 0.639. The van der Waals surface area contributed by atoms with Crippen LogP contribution in [0.3, 0.4) is 0 Å². The molecule has 3 heterocycles. The molecule has 0 saturated heterocycles. The molecule has 0 aliphatic heterocycles. The predicted octanol–water partition coefficient (Wildman–Crippen LogP) is 1.73. The van der Waals surface area contributed by atoms with E-state index in [4.69, 9.17) is 4.42 Å². The van der Waals surface area contributed by atoms with Gasteiger partial charge in [0.1, 0.15) is 5.76 Å². The van der Waals surface area contributed by atoms with Gasteiger partial charge < -0.3 is 4.42 Å². The van der Waals surface area contributed by atoms with E-state index in [0.29, 0.717) is 17.8 Å². The summed E-state index contributed by atoms with van der Waals surface area (Å²) in [6.45, 7) is 0. The van der Waals surface area contributed by atoms with Gasteiger partial charge in [-0.3, -0.25) is 4.79 Å². The van der Waals surface area contributed by atoms with Crippen LogP contribution >= 0.6 is 0 Å². The van der Waals surface area contributed by atoms with Crippen LogP contribution in [0.25, 0.3) is 5.65 Å². The van der Waals surface area contributed by atoms with Gasteiger partial charge in [-0.2, -0.15) is 5.10 Å². The number of carbonyl (C=O) groups excluding carboxylic acids is 1. The van der Waals surface area contributed by atoms with Crippen molar-refractivity contribution in [2.75, 3.05) is 0 Å². The smallest absolute Gasteiger partial charge is 0.159 e. The van der Waals surface area contributed by atoms with Crippen molar-refractivity contribution in [1.29, 1.82) is 0 Å². The average molecular weight is 227 g/mol. The highest BCUT2D eigenvalue weighted by molar-refractivity contribution is 5.74. The lowest BCUT2D eigenvalue weighted by Crippen LogP contribution is -1.92. The number of carbonyl (C=O) groups is 1. The van der Waals surface area contributed by atoms with Crippen LogP contribution in [-0.2, 0) is 6.42 Å². The second-order valence-corrected chi connectivity index (χ2v) is 3.67. The Balaban J connectivity index is 1.98. The van der Waals surface area contributed by atoms with Gasteiger partial charge in [0.2, 0.25) is 0 Å². The van der Waals surface area contributed by atoms with E-state index in [1.165, 1.54) is 0 Å². The number of aromatic nitrogens is 3. The first-order valence-electron chi connectivity index (χ1n) is 5.18. The maximum Gasteiger partial charge on any atom is 0.159 e. The Labute approximate surface area is 96.7 Å². The first kappa shape index (κ1) is 9.77. The summed E-state index contributed by atoms with van der Waals surface area (Å²) in [5, 5.41) is 4.28. The minimum atomic E-state index is 0.547. The molecular formula is C12H9N3O2. The lowest BCUT2D eigenvalue weighted by Gasteiger charge is -1.91. The third-order valence-electron chi connectivity index (χ3n) is 2.45. The van der Waals surface area contributed by atoms with Crippen LogP contribution in [0, 0.1) is 0 Å². The van der Waals surface area contributed by atoms with Crippen LogP contribution in [0.1, 0.15) is 21.9 Å². The highest BCUT2D eigenvalue weighted by Crippen LogP contribution is 2.09. The third kappa shape index (κ3) is 1.82. The van der Waals surface area contributed by atoms with Crippen LogP contribution in [-0.4, -0.2) is 20.9 Å². The van der Waals surface area contributed by atoms with E-state index in [0.717, 1.165) is 17.7 Å². The minimum absolute atomic E-state index is 0.547. The summed E-state index contributed by atoms with van der Waals surface area (Å²) in [6, 6.07) is 7.19. The summed E-state index contributed by atoms with van der Waals surface area (Å²) in [7, 11) is 0. The molecule has 0 fully saturated rings. The average Bonchev–Trinajstić information content (AvgIpc) is 2.96. The molecule has 0 amide bonds. The maximum absolute atomic E-state index is 10.6. The summed E-state index contributed by atoms with van der Waals surface area (Å²) >= 11 is 0. The molecule has 0 spiro atoms. The molecule has 3 aromatic heterocycles. The molecule has 0 aliphatic rings. The molecule has 5 heteroatoms. The fraction of sp³-hybridized carbons (Fsp3) is 0.0833. The zero-order chi connectivity index (χ0) is 11.7. The van der Waals surface area contributed by atoms with Crippen LogP contribution in [0.5, 0.6) is 0 Å². The Morgan fingerprint density at radius 1 is 1.35 bits per heavy atom. The Morgan fingerprint density at radius 2 is 2.29 bits per heavy atom. The summed E-state index contributed by atoms with van der Waals surface area (Å²) in [5.74, 6) is 1.49. The third-order valence-corrected chi connectivity index (χ3v) is 2.45. The monoisotopic (exact) mass is 227 g/mol. The normalized spacial score (nSPS) is 10.8. The lowest BCUT2D eigenvalue weighted by atomic mass is 10.3. The maximum atomic E-state index is 10.6. The Kier molecular flexibility index (Phi) is 2.22. The van der Waals surface area contributed by atoms with Crippen molar-refractivity contribution >= 4 is 11.9 Å². The lowest BCUT2D eigenvalue weighted by molar-refractivity contribution is 0.112. The van der Waals surface area contributed by atoms with Gasteiger partial charge in [-0.15, -0.1) is 0 Å². The number of hydrogen-bond donors (Lipinski definition) is 0. The number of rotatable bonds is 3. The van der Waals surface area contributed by atoms with E-state index in [9.17, 15) is 4.79 Å². The van der Waals surface area contributed by atoms with Crippen LogP contribution in [0.2, 0.25) is 0 Å². The molecule has 17 heavy (non-hydrogen) atoms. The highest BCUT2D eigenvalue weighted by atomic mass is 16.3. The van der Waals surface area contributed by atoms with Gasteiger partial charge in [0.05, 0.1) is 12.7 Å². The Bertz CT molecular complexity index is 656. The van der Waals surface area contributed by atoms with Crippen molar-refractivity contribution < 1.29 is 9.21 Å². The topological polar surface area (TPSA) is 60.4 Å². The molecule has 0 aliphatic carbocycles. The molecule has 0 saturated carbocycles. The number of hydrogen-bond acceptors (Lipinski definition) is 4. The Morgan fingerprint density at radius 3 is 3.06 bits per heavy atom. The van der Waals surface area contributed by atoms with E-state index in [-0.39, 0.29) is 0 Å². The van der Waals surface area contributed by atoms with Gasteiger partial charge in [-0.05, 0) is 24.3 Å². The van der Waals surface area contributed by atoms with E-state index in [1.54, 1.807) is 29.1 Å². The molecule has 5 nitrogen and oxygen atoms in total. The molecule has 0 bridgehead atoms. The minimum Gasteiger partial charge on any atom is -0.469 e. The molecular weight excluding hydrogens is 218 g/mol. The van der Waals surface area contributed by atoms with Crippen LogP contribution in [0.4, 0.5) is 0 Å². The van der Waals surface area contributed by atoms with Crippen molar-refractivity contribution in [3.8, 4) is 0 Å². The van der Waals surface area contributed by atoms with E-state index in [1.807, 2.05) is 12.1 Å². The van der Waals surface area contributed by atoms with Gasteiger partial charge in [0.15, 0.2) is 17.8 Å². The fourth-order valence-electron chi connectivity index (χ4n) is 1.66. The number of fused-ring (bicyclic) bond motifs is 1. The standard InChI is InChI=1S/C12H9N3O2/c16-8-9-3-4-12-13-11(14-15(12)7-9)6-10-2-1-5-17-10/h1-5,7-8H,6H2. The predicted molar refractivity (Wildman–Crippen MR) is 59.9 cm³/mol. The van der Waals surface area contributed by atoms with Gasteiger partial charge in [-0.1, -0.05) is 0 Å². The second kappa shape index (κ2) is 3.86. The van der Waals surface area contributed by atoms with E-state index < -0.39 is 0 Å². The molecule has 0 unspecified atom stereocenters. The van der Waals surface area contributed by atoms with Crippen molar-refractivity contribution in [2.45, 2.75) is 6.42 Å². The molecule has 3 aromatic rings. The van der Waals surface area contributed by atoms with Gasteiger partial charge in [0, 0.05) is 11.8 Å². The molecule has 84 valence electrons. The SMILES string of the molecule is O=Cc1ccc2nc(Cc3ccco3)nn2c1. The molecule has 0 radical (unpaired) electrons. The van der Waals surface area contributed by atoms with E-state index >= 15 is 0 Å². The van der Waals surface area contributed by atoms with Crippen molar-refractivity contribution in [3.63, 3.8) is 0 Å². The van der Waals surface area contributed by atoms with Crippen LogP contribution < -0.4 is 0 Å². The molecule has 0 atom stereocenters. The van der Waals surface area contributed by atoms with Gasteiger partial charge in [-0.25, -0.2) is 9.50 Å².